The zero-order valence-electron chi connectivity index (χ0n) is 23.1. The molecule has 204 valence electrons. The number of ether oxygens (including phenoxy) is 1. The van der Waals surface area contributed by atoms with Gasteiger partial charge in [-0.3, -0.25) is 9.69 Å². The summed E-state index contributed by atoms with van der Waals surface area (Å²) in [4.78, 5) is 34.1. The monoisotopic (exact) mass is 529 g/mol. The van der Waals surface area contributed by atoms with Gasteiger partial charge in [0.15, 0.2) is 5.82 Å². The molecule has 9 nitrogen and oxygen atoms in total. The van der Waals surface area contributed by atoms with Crippen molar-refractivity contribution in [3.8, 4) is 6.07 Å². The number of benzene rings is 1. The van der Waals surface area contributed by atoms with Crippen LogP contribution in [0.5, 0.6) is 0 Å². The summed E-state index contributed by atoms with van der Waals surface area (Å²) in [5.41, 5.74) is 1.06. The standard InChI is InChI=1S/C30H35N5O4/c1-27(2)10-8-19(9-11-27)22-14-20(6-7-23(22)34-25(36)24-32-16-21(15-31)33-24)30(38)17-28(3)12-13-29(4,18-30)35(28)26(37)39-5/h6-8,12-14,16,38H,9-11,17-18H2,1-5H3,(H,32,33)(H,34,36)/t28-,29+,30?. The summed E-state index contributed by atoms with van der Waals surface area (Å²) in [6.07, 6.45) is 10.5. The lowest BCUT2D eigenvalue weighted by atomic mass is 9.70. The smallest absolute Gasteiger partial charge is 0.410 e. The Labute approximate surface area is 228 Å². The lowest BCUT2D eigenvalue weighted by molar-refractivity contribution is -0.0980. The highest BCUT2D eigenvalue weighted by atomic mass is 16.5. The normalized spacial score (nSPS) is 28.9. The molecule has 3 aliphatic rings. The number of carbonyl (C=O) groups is 2. The molecule has 2 amide bonds. The van der Waals surface area contributed by atoms with E-state index in [0.717, 1.165) is 36.0 Å². The fourth-order valence-electron chi connectivity index (χ4n) is 6.53. The quantitative estimate of drug-likeness (QED) is 0.463. The van der Waals surface area contributed by atoms with Crippen molar-refractivity contribution in [1.82, 2.24) is 14.9 Å². The van der Waals surface area contributed by atoms with E-state index in [-0.39, 0.29) is 16.9 Å². The molecule has 0 radical (unpaired) electrons. The van der Waals surface area contributed by atoms with Crippen molar-refractivity contribution in [2.75, 3.05) is 12.4 Å². The Morgan fingerprint density at radius 1 is 1.18 bits per heavy atom. The van der Waals surface area contributed by atoms with Crippen molar-refractivity contribution in [3.05, 3.63) is 65.3 Å². The Morgan fingerprint density at radius 2 is 1.87 bits per heavy atom. The number of nitrogens with one attached hydrogen (secondary N) is 2. The largest absolute Gasteiger partial charge is 0.453 e. The number of imidazole rings is 1. The highest BCUT2D eigenvalue weighted by Crippen LogP contribution is 2.54. The van der Waals surface area contributed by atoms with E-state index in [2.05, 4.69) is 35.2 Å². The second-order valence-electron chi connectivity index (χ2n) is 12.3. The molecule has 9 heteroatoms. The van der Waals surface area contributed by atoms with Crippen molar-refractivity contribution in [3.63, 3.8) is 0 Å². The number of H-pyrrole nitrogens is 1. The van der Waals surface area contributed by atoms with Crippen LogP contribution in [0.2, 0.25) is 0 Å². The Hall–Kier alpha value is -3.90. The van der Waals surface area contributed by atoms with E-state index < -0.39 is 28.7 Å². The number of hydrogen-bond donors (Lipinski definition) is 3. The second-order valence-corrected chi connectivity index (χ2v) is 12.3. The third-order valence-electron chi connectivity index (χ3n) is 8.52. The summed E-state index contributed by atoms with van der Waals surface area (Å²) in [7, 11) is 1.37. The molecule has 3 N–H and O–H groups in total. The Bertz CT molecular complexity index is 1430. The number of anilines is 1. The lowest BCUT2D eigenvalue weighted by Crippen LogP contribution is -2.63. The van der Waals surface area contributed by atoms with Gasteiger partial charge in [0.1, 0.15) is 11.8 Å². The van der Waals surface area contributed by atoms with Crippen molar-refractivity contribution < 1.29 is 19.4 Å². The molecule has 3 atom stereocenters. The molecular formula is C30H35N5O4. The molecule has 2 aliphatic heterocycles. The highest BCUT2D eigenvalue weighted by Gasteiger charge is 2.59. The maximum Gasteiger partial charge on any atom is 0.410 e. The van der Waals surface area contributed by atoms with Crippen LogP contribution in [0.1, 0.15) is 87.2 Å². The van der Waals surface area contributed by atoms with E-state index in [1.54, 1.807) is 4.90 Å². The molecule has 2 bridgehead atoms. The van der Waals surface area contributed by atoms with E-state index in [0.29, 0.717) is 18.5 Å². The molecule has 3 heterocycles. The van der Waals surface area contributed by atoms with Crippen LogP contribution in [-0.2, 0) is 10.3 Å². The Kier molecular flexibility index (Phi) is 6.22. The number of nitriles is 1. The third kappa shape index (κ3) is 4.63. The van der Waals surface area contributed by atoms with E-state index in [4.69, 9.17) is 10.00 Å². The second kappa shape index (κ2) is 9.09. The number of rotatable bonds is 4. The first kappa shape index (κ1) is 26.7. The van der Waals surface area contributed by atoms with Crippen LogP contribution in [0.3, 0.4) is 0 Å². The number of nitrogens with zero attached hydrogens (tertiary/aromatic N) is 3. The number of aromatic amines is 1. The average molecular weight is 530 g/mol. The van der Waals surface area contributed by atoms with Gasteiger partial charge < -0.3 is 20.1 Å². The summed E-state index contributed by atoms with van der Waals surface area (Å²) in [5.74, 6) is -0.396. The van der Waals surface area contributed by atoms with Gasteiger partial charge >= 0.3 is 6.09 Å². The topological polar surface area (TPSA) is 131 Å². The molecule has 0 spiro atoms. The highest BCUT2D eigenvalue weighted by molar-refractivity contribution is 6.03. The van der Waals surface area contributed by atoms with Gasteiger partial charge in [0.25, 0.3) is 5.91 Å². The van der Waals surface area contributed by atoms with Gasteiger partial charge in [-0.05, 0) is 61.8 Å². The average Bonchev–Trinajstić information content (AvgIpc) is 3.43. The van der Waals surface area contributed by atoms with Crippen LogP contribution in [-0.4, -0.2) is 50.2 Å². The van der Waals surface area contributed by atoms with E-state index in [1.807, 2.05) is 50.3 Å². The number of carbonyl (C=O) groups excluding carboxylic acids is 2. The molecular weight excluding hydrogens is 494 g/mol. The van der Waals surface area contributed by atoms with Gasteiger partial charge in [0.2, 0.25) is 0 Å². The van der Waals surface area contributed by atoms with Crippen LogP contribution < -0.4 is 5.32 Å². The van der Waals surface area contributed by atoms with Crippen molar-refractivity contribution >= 4 is 23.3 Å². The minimum atomic E-state index is -1.22. The van der Waals surface area contributed by atoms with Crippen LogP contribution in [0.4, 0.5) is 10.5 Å². The summed E-state index contributed by atoms with van der Waals surface area (Å²) < 4.78 is 5.08. The summed E-state index contributed by atoms with van der Waals surface area (Å²) in [6, 6.07) is 7.58. The minimum absolute atomic E-state index is 0.0534. The minimum Gasteiger partial charge on any atom is -0.453 e. The number of piperidine rings is 1. The van der Waals surface area contributed by atoms with Crippen LogP contribution in [0.15, 0.2) is 42.6 Å². The number of fused-ring (bicyclic) bond motifs is 2. The molecule has 1 aliphatic carbocycles. The van der Waals surface area contributed by atoms with Gasteiger partial charge in [-0.2, -0.15) is 5.26 Å². The van der Waals surface area contributed by atoms with Gasteiger partial charge in [0.05, 0.1) is 30.0 Å². The number of amides is 2. The zero-order chi connectivity index (χ0) is 28.2. The fourth-order valence-corrected chi connectivity index (χ4v) is 6.53. The molecule has 1 unspecified atom stereocenters. The third-order valence-corrected chi connectivity index (χ3v) is 8.52. The van der Waals surface area contributed by atoms with Gasteiger partial charge in [-0.15, -0.1) is 0 Å². The van der Waals surface area contributed by atoms with E-state index in [1.165, 1.54) is 13.3 Å². The molecule has 1 fully saturated rings. The molecule has 39 heavy (non-hydrogen) atoms. The summed E-state index contributed by atoms with van der Waals surface area (Å²) in [6.45, 7) is 8.36. The van der Waals surface area contributed by atoms with Gasteiger partial charge in [-0.1, -0.05) is 38.1 Å². The molecule has 5 rings (SSSR count). The number of hydrogen-bond acceptors (Lipinski definition) is 6. The van der Waals surface area contributed by atoms with Crippen molar-refractivity contribution in [2.24, 2.45) is 5.41 Å². The van der Waals surface area contributed by atoms with E-state index in [9.17, 15) is 14.7 Å². The molecule has 0 saturated carbocycles. The molecule has 2 aromatic rings. The number of allylic oxidation sites excluding steroid dienone is 2. The van der Waals surface area contributed by atoms with Crippen molar-refractivity contribution in [2.45, 2.75) is 76.5 Å². The number of aromatic nitrogens is 2. The summed E-state index contributed by atoms with van der Waals surface area (Å²) >= 11 is 0. The lowest BCUT2D eigenvalue weighted by Gasteiger charge is -2.53. The molecule has 1 aromatic carbocycles. The summed E-state index contributed by atoms with van der Waals surface area (Å²) in [5, 5.41) is 24.2. The maximum absolute atomic E-state index is 13.0. The van der Waals surface area contributed by atoms with E-state index >= 15 is 0 Å². The molecule has 1 saturated heterocycles. The Morgan fingerprint density at radius 3 is 2.44 bits per heavy atom. The zero-order valence-corrected chi connectivity index (χ0v) is 23.1. The Balaban J connectivity index is 1.53. The SMILES string of the molecule is COC(=O)N1[C@@]2(C)C=C[C@]1(C)CC(O)(c1ccc(NC(=O)c3ncc(C#N)[nH]3)c(C3=CCC(C)(C)CC3)c1)C2. The fraction of sp³-hybridized carbons (Fsp3) is 0.467. The first-order valence-electron chi connectivity index (χ1n) is 13.2. The number of methoxy groups -OCH3 is 1. The van der Waals surface area contributed by atoms with Crippen LogP contribution in [0, 0.1) is 16.7 Å². The predicted molar refractivity (Wildman–Crippen MR) is 147 cm³/mol. The van der Waals surface area contributed by atoms with Crippen LogP contribution in [0.25, 0.3) is 5.57 Å². The first-order valence-corrected chi connectivity index (χ1v) is 13.2. The van der Waals surface area contributed by atoms with Crippen molar-refractivity contribution in [1.29, 1.82) is 5.26 Å². The van der Waals surface area contributed by atoms with Crippen LogP contribution >= 0.6 is 0 Å². The molecule has 1 aromatic heterocycles. The first-order chi connectivity index (χ1) is 18.3. The maximum atomic E-state index is 13.0. The van der Waals surface area contributed by atoms with Gasteiger partial charge in [-0.25, -0.2) is 9.78 Å². The predicted octanol–water partition coefficient (Wildman–Crippen LogP) is 5.26. The van der Waals surface area contributed by atoms with Gasteiger partial charge in [0, 0.05) is 24.1 Å². The number of aliphatic hydroxyl groups is 1.